The number of carbonyl (C=O) groups excluding carboxylic acids is 1. The summed E-state index contributed by atoms with van der Waals surface area (Å²) < 4.78 is 6.01. The van der Waals surface area contributed by atoms with Gasteiger partial charge in [-0.2, -0.15) is 0 Å². The molecule has 0 unspecified atom stereocenters. The Labute approximate surface area is 159 Å². The molecule has 0 saturated heterocycles. The minimum atomic E-state index is -0.500. The number of benzene rings is 2. The van der Waals surface area contributed by atoms with Crippen LogP contribution in [0.4, 0.5) is 11.4 Å². The molecule has 0 aromatic heterocycles. The van der Waals surface area contributed by atoms with Crippen molar-refractivity contribution in [1.29, 1.82) is 0 Å². The highest BCUT2D eigenvalue weighted by Gasteiger charge is 2.16. The number of anilines is 1. The Morgan fingerprint density at radius 2 is 1.96 bits per heavy atom. The molecule has 0 saturated carbocycles. The second-order valence-electron chi connectivity index (χ2n) is 4.56. The zero-order chi connectivity index (χ0) is 17.7. The molecule has 24 heavy (non-hydrogen) atoms. The van der Waals surface area contributed by atoms with Crippen LogP contribution in [-0.2, 0) is 4.79 Å². The minimum Gasteiger partial charge on any atom is -0.497 e. The molecule has 0 aliphatic rings. The summed E-state index contributed by atoms with van der Waals surface area (Å²) in [6, 6.07) is 10.1. The van der Waals surface area contributed by atoms with Gasteiger partial charge in [0, 0.05) is 26.0 Å². The van der Waals surface area contributed by atoms with Gasteiger partial charge in [0.25, 0.3) is 5.69 Å². The van der Waals surface area contributed by atoms with Crippen molar-refractivity contribution in [3.8, 4) is 5.75 Å². The van der Waals surface area contributed by atoms with E-state index in [1.165, 1.54) is 23.9 Å². The largest absolute Gasteiger partial charge is 0.497 e. The molecule has 0 radical (unpaired) electrons. The fourth-order valence-corrected chi connectivity index (χ4v) is 3.90. The molecule has 0 aliphatic carbocycles. The smallest absolute Gasteiger partial charge is 0.271 e. The third-order valence-electron chi connectivity index (χ3n) is 2.91. The number of nitro groups is 1. The third-order valence-corrected chi connectivity index (χ3v) is 5.16. The molecule has 0 fully saturated rings. The van der Waals surface area contributed by atoms with Gasteiger partial charge in [-0.05, 0) is 50.1 Å². The Morgan fingerprint density at radius 1 is 1.29 bits per heavy atom. The van der Waals surface area contributed by atoms with E-state index < -0.39 is 4.92 Å². The van der Waals surface area contributed by atoms with Crippen molar-refractivity contribution >= 4 is 60.9 Å². The van der Waals surface area contributed by atoms with E-state index in [0.717, 1.165) is 10.6 Å². The van der Waals surface area contributed by atoms with E-state index in [-0.39, 0.29) is 17.3 Å². The number of ether oxygens (including phenoxy) is 1. The monoisotopic (exact) mass is 474 g/mol. The Kier molecular flexibility index (Phi) is 6.64. The molecule has 6 nitrogen and oxygen atoms in total. The van der Waals surface area contributed by atoms with Crippen molar-refractivity contribution in [3.05, 3.63) is 55.5 Å². The number of carbonyl (C=O) groups is 1. The Bertz CT molecular complexity index is 763. The Morgan fingerprint density at radius 3 is 2.54 bits per heavy atom. The van der Waals surface area contributed by atoms with Crippen molar-refractivity contribution < 1.29 is 14.5 Å². The van der Waals surface area contributed by atoms with Gasteiger partial charge in [0.2, 0.25) is 5.91 Å². The van der Waals surface area contributed by atoms with Crippen molar-refractivity contribution in [3.63, 3.8) is 0 Å². The number of hydrogen-bond acceptors (Lipinski definition) is 5. The first-order chi connectivity index (χ1) is 11.4. The Hall–Kier alpha value is -1.58. The molecule has 2 rings (SSSR count). The maximum absolute atomic E-state index is 12.1. The van der Waals surface area contributed by atoms with E-state index in [4.69, 9.17) is 4.74 Å². The van der Waals surface area contributed by atoms with E-state index in [1.54, 1.807) is 7.11 Å². The second kappa shape index (κ2) is 8.50. The van der Waals surface area contributed by atoms with Gasteiger partial charge in [0.15, 0.2) is 0 Å². The number of amides is 1. The fourth-order valence-electron chi connectivity index (χ4n) is 1.80. The molecule has 0 spiro atoms. The number of nitro benzene ring substituents is 1. The number of nitrogens with zero attached hydrogens (tertiary/aromatic N) is 1. The van der Waals surface area contributed by atoms with Crippen LogP contribution in [0.2, 0.25) is 0 Å². The van der Waals surface area contributed by atoms with Crippen LogP contribution in [0.25, 0.3) is 0 Å². The molecule has 1 N–H and O–H groups in total. The van der Waals surface area contributed by atoms with Crippen LogP contribution in [0.5, 0.6) is 5.75 Å². The summed E-state index contributed by atoms with van der Waals surface area (Å²) in [5.41, 5.74) is 0.384. The second-order valence-corrected chi connectivity index (χ2v) is 7.31. The topological polar surface area (TPSA) is 81.5 Å². The first-order valence-corrected chi connectivity index (χ1v) is 9.18. The molecule has 1 amide bonds. The summed E-state index contributed by atoms with van der Waals surface area (Å²) in [5.74, 6) is 0.697. The van der Waals surface area contributed by atoms with E-state index in [2.05, 4.69) is 37.2 Å². The average molecular weight is 476 g/mol. The summed E-state index contributed by atoms with van der Waals surface area (Å²) in [7, 11) is 1.58. The van der Waals surface area contributed by atoms with Gasteiger partial charge in [-0.3, -0.25) is 14.9 Å². The molecule has 9 heteroatoms. The number of non-ortho nitro benzene ring substituents is 1. The summed E-state index contributed by atoms with van der Waals surface area (Å²) in [4.78, 5) is 23.3. The summed E-state index contributed by atoms with van der Waals surface area (Å²) in [6.07, 6.45) is 0. The minimum absolute atomic E-state index is 0.0718. The fraction of sp³-hybridized carbons (Fsp3) is 0.133. The lowest BCUT2D eigenvalue weighted by atomic mass is 10.3. The molecule has 126 valence electrons. The van der Waals surface area contributed by atoms with Gasteiger partial charge < -0.3 is 10.1 Å². The summed E-state index contributed by atoms with van der Waals surface area (Å²) in [5, 5.41) is 13.5. The molecule has 0 bridgehead atoms. The predicted octanol–water partition coefficient (Wildman–Crippen LogP) is 4.86. The number of thioether (sulfide) groups is 1. The molecular weight excluding hydrogens is 464 g/mol. The van der Waals surface area contributed by atoms with Gasteiger partial charge in [0.05, 0.1) is 23.5 Å². The van der Waals surface area contributed by atoms with Gasteiger partial charge in [0.1, 0.15) is 5.75 Å². The Balaban J connectivity index is 2.03. The van der Waals surface area contributed by atoms with Crippen molar-refractivity contribution in [1.82, 2.24) is 0 Å². The van der Waals surface area contributed by atoms with E-state index >= 15 is 0 Å². The number of hydrogen-bond donors (Lipinski definition) is 1. The van der Waals surface area contributed by atoms with Gasteiger partial charge in [-0.25, -0.2) is 0 Å². The average Bonchev–Trinajstić information content (AvgIpc) is 2.56. The summed E-state index contributed by atoms with van der Waals surface area (Å²) in [6.45, 7) is 0. The molecular formula is C15H12Br2N2O4S. The zero-order valence-corrected chi connectivity index (χ0v) is 16.4. The summed E-state index contributed by atoms with van der Waals surface area (Å²) >= 11 is 7.84. The molecule has 2 aromatic carbocycles. The number of nitrogens with one attached hydrogen (secondary N) is 1. The quantitative estimate of drug-likeness (QED) is 0.366. The molecule has 0 atom stereocenters. The van der Waals surface area contributed by atoms with E-state index in [1.807, 2.05) is 24.3 Å². The van der Waals surface area contributed by atoms with Crippen LogP contribution in [0.3, 0.4) is 0 Å². The van der Waals surface area contributed by atoms with Crippen LogP contribution in [0.15, 0.2) is 50.2 Å². The van der Waals surface area contributed by atoms with Crippen LogP contribution < -0.4 is 10.1 Å². The highest BCUT2D eigenvalue weighted by molar-refractivity contribution is 9.11. The van der Waals surface area contributed by atoms with Crippen molar-refractivity contribution in [2.75, 3.05) is 18.2 Å². The first kappa shape index (κ1) is 18.8. The lowest BCUT2D eigenvalue weighted by molar-refractivity contribution is -0.385. The van der Waals surface area contributed by atoms with Crippen molar-refractivity contribution in [2.45, 2.75) is 4.90 Å². The lowest BCUT2D eigenvalue weighted by Crippen LogP contribution is -2.15. The van der Waals surface area contributed by atoms with Crippen LogP contribution in [0.1, 0.15) is 0 Å². The lowest BCUT2D eigenvalue weighted by Gasteiger charge is -2.10. The molecule has 2 aromatic rings. The predicted molar refractivity (Wildman–Crippen MR) is 101 cm³/mol. The van der Waals surface area contributed by atoms with E-state index in [0.29, 0.717) is 14.6 Å². The third kappa shape index (κ3) is 4.96. The van der Waals surface area contributed by atoms with Crippen LogP contribution in [-0.4, -0.2) is 23.7 Å². The van der Waals surface area contributed by atoms with Gasteiger partial charge in [-0.15, -0.1) is 11.8 Å². The first-order valence-electron chi connectivity index (χ1n) is 6.61. The molecule has 0 heterocycles. The normalized spacial score (nSPS) is 10.3. The standard InChI is InChI=1S/C15H12Br2N2O4S/c1-23-10-3-2-4-11(7-10)24-8-14(20)18-15-12(16)5-9(19(21)22)6-13(15)17/h2-7H,8H2,1H3,(H,18,20). The van der Waals surface area contributed by atoms with Crippen LogP contribution in [0, 0.1) is 10.1 Å². The van der Waals surface area contributed by atoms with Crippen LogP contribution >= 0.6 is 43.6 Å². The highest BCUT2D eigenvalue weighted by atomic mass is 79.9. The number of rotatable bonds is 6. The number of halogens is 2. The maximum atomic E-state index is 12.1. The van der Waals surface area contributed by atoms with Gasteiger partial charge in [-0.1, -0.05) is 6.07 Å². The van der Waals surface area contributed by atoms with Crippen molar-refractivity contribution in [2.24, 2.45) is 0 Å². The molecule has 0 aliphatic heterocycles. The van der Waals surface area contributed by atoms with E-state index in [9.17, 15) is 14.9 Å². The maximum Gasteiger partial charge on any atom is 0.271 e. The number of methoxy groups -OCH3 is 1. The SMILES string of the molecule is COc1cccc(SCC(=O)Nc2c(Br)cc([N+](=O)[O-])cc2Br)c1. The van der Waals surface area contributed by atoms with Gasteiger partial charge >= 0.3 is 0 Å². The zero-order valence-electron chi connectivity index (χ0n) is 12.4. The highest BCUT2D eigenvalue weighted by Crippen LogP contribution is 2.35.